The summed E-state index contributed by atoms with van der Waals surface area (Å²) in [4.78, 5) is 8.55. The van der Waals surface area contributed by atoms with E-state index in [2.05, 4.69) is 9.97 Å². The third-order valence-electron chi connectivity index (χ3n) is 2.50. The Morgan fingerprint density at radius 1 is 1.06 bits per heavy atom. The number of aryl methyl sites for hydroxylation is 1. The molecule has 0 N–H and O–H groups in total. The number of nitrogens with zero attached hydrogens (tertiary/aromatic N) is 2. The predicted molar refractivity (Wildman–Crippen MR) is 62.0 cm³/mol. The van der Waals surface area contributed by atoms with Crippen molar-refractivity contribution in [2.45, 2.75) is 6.92 Å². The van der Waals surface area contributed by atoms with E-state index in [0.717, 1.165) is 22.2 Å². The maximum absolute atomic E-state index is 5.54. The first-order valence-corrected chi connectivity index (χ1v) is 5.11. The Bertz CT molecular complexity index is 638. The molecule has 1 aromatic carbocycles. The maximum atomic E-state index is 5.54. The van der Waals surface area contributed by atoms with E-state index in [9.17, 15) is 0 Å². The molecule has 0 saturated heterocycles. The molecular weight excluding hydrogens is 200 g/mol. The summed E-state index contributed by atoms with van der Waals surface area (Å²) < 4.78 is 5.54. The van der Waals surface area contributed by atoms with Crippen LogP contribution >= 0.6 is 0 Å². The summed E-state index contributed by atoms with van der Waals surface area (Å²) in [6.45, 7) is 1.89. The van der Waals surface area contributed by atoms with Gasteiger partial charge in [-0.3, -0.25) is 4.98 Å². The Labute approximate surface area is 92.8 Å². The predicted octanol–water partition coefficient (Wildman–Crippen LogP) is 3.20. The molecule has 0 saturated carbocycles. The van der Waals surface area contributed by atoms with Crippen LogP contribution in [0.1, 0.15) is 5.76 Å². The molecule has 2 aromatic heterocycles. The molecule has 78 valence electrons. The third-order valence-corrected chi connectivity index (χ3v) is 2.50. The topological polar surface area (TPSA) is 38.9 Å². The first-order chi connectivity index (χ1) is 7.84. The van der Waals surface area contributed by atoms with Crippen molar-refractivity contribution < 1.29 is 4.42 Å². The van der Waals surface area contributed by atoms with Crippen molar-refractivity contribution in [3.63, 3.8) is 0 Å². The number of rotatable bonds is 1. The molecule has 0 aliphatic carbocycles. The molecule has 0 atom stereocenters. The lowest BCUT2D eigenvalue weighted by Crippen LogP contribution is -1.82. The van der Waals surface area contributed by atoms with E-state index in [1.165, 1.54) is 0 Å². The monoisotopic (exact) mass is 210 g/mol. The molecule has 0 fully saturated rings. The molecule has 16 heavy (non-hydrogen) atoms. The van der Waals surface area contributed by atoms with Gasteiger partial charge in [0.1, 0.15) is 5.76 Å². The van der Waals surface area contributed by atoms with E-state index in [1.807, 2.05) is 37.3 Å². The Morgan fingerprint density at radius 2 is 2.00 bits per heavy atom. The van der Waals surface area contributed by atoms with Gasteiger partial charge in [-0.15, -0.1) is 0 Å². The van der Waals surface area contributed by atoms with Crippen molar-refractivity contribution >= 4 is 10.9 Å². The normalized spacial score (nSPS) is 10.8. The molecule has 3 rings (SSSR count). The van der Waals surface area contributed by atoms with Crippen LogP contribution in [0.25, 0.3) is 22.4 Å². The van der Waals surface area contributed by atoms with Crippen molar-refractivity contribution in [3.05, 3.63) is 48.5 Å². The lowest BCUT2D eigenvalue weighted by Gasteiger charge is -2.01. The molecule has 0 spiro atoms. The minimum atomic E-state index is 0.649. The van der Waals surface area contributed by atoms with Crippen molar-refractivity contribution in [2.24, 2.45) is 0 Å². The molecule has 0 aliphatic rings. The molecule has 0 radical (unpaired) electrons. The Morgan fingerprint density at radius 3 is 2.81 bits per heavy atom. The zero-order valence-electron chi connectivity index (χ0n) is 8.84. The first kappa shape index (κ1) is 9.09. The van der Waals surface area contributed by atoms with E-state index >= 15 is 0 Å². The van der Waals surface area contributed by atoms with Crippen molar-refractivity contribution in [3.8, 4) is 11.5 Å². The minimum absolute atomic E-state index is 0.649. The maximum Gasteiger partial charge on any atom is 0.226 e. The van der Waals surface area contributed by atoms with Crippen LogP contribution in [-0.2, 0) is 0 Å². The molecule has 0 aliphatic heterocycles. The lowest BCUT2D eigenvalue weighted by atomic mass is 10.1. The quantitative estimate of drug-likeness (QED) is 0.619. The van der Waals surface area contributed by atoms with Gasteiger partial charge in [0, 0.05) is 17.1 Å². The van der Waals surface area contributed by atoms with E-state index in [0.29, 0.717) is 5.89 Å². The van der Waals surface area contributed by atoms with Gasteiger partial charge in [-0.2, -0.15) is 0 Å². The average molecular weight is 210 g/mol. The smallest absolute Gasteiger partial charge is 0.226 e. The molecule has 2 heterocycles. The van der Waals surface area contributed by atoms with E-state index < -0.39 is 0 Å². The van der Waals surface area contributed by atoms with E-state index in [4.69, 9.17) is 4.42 Å². The van der Waals surface area contributed by atoms with E-state index in [-0.39, 0.29) is 0 Å². The molecule has 0 unspecified atom stereocenters. The first-order valence-electron chi connectivity index (χ1n) is 5.11. The zero-order chi connectivity index (χ0) is 11.0. The third kappa shape index (κ3) is 1.37. The number of hydrogen-bond donors (Lipinski definition) is 0. The summed E-state index contributed by atoms with van der Waals surface area (Å²) in [6.07, 6.45) is 3.51. The summed E-state index contributed by atoms with van der Waals surface area (Å²) in [5.74, 6) is 1.46. The largest absolute Gasteiger partial charge is 0.441 e. The highest BCUT2D eigenvalue weighted by atomic mass is 16.4. The van der Waals surface area contributed by atoms with Crippen LogP contribution in [0.15, 0.2) is 47.1 Å². The van der Waals surface area contributed by atoms with Gasteiger partial charge >= 0.3 is 0 Å². The van der Waals surface area contributed by atoms with Gasteiger partial charge in [-0.25, -0.2) is 4.98 Å². The lowest BCUT2D eigenvalue weighted by molar-refractivity contribution is 0.543. The zero-order valence-corrected chi connectivity index (χ0v) is 8.84. The highest BCUT2D eigenvalue weighted by molar-refractivity contribution is 5.92. The summed E-state index contributed by atoms with van der Waals surface area (Å²) >= 11 is 0. The standard InChI is InChI=1S/C13H10N2O/c1-9-8-15-13(16-9)11-4-2-6-12-10(11)5-3-7-14-12/h2-8H,1H3. The molecule has 0 bridgehead atoms. The van der Waals surface area contributed by atoms with Crippen molar-refractivity contribution in [1.82, 2.24) is 9.97 Å². The fraction of sp³-hybridized carbons (Fsp3) is 0.0769. The van der Waals surface area contributed by atoms with Gasteiger partial charge in [0.15, 0.2) is 0 Å². The van der Waals surface area contributed by atoms with Crippen LogP contribution in [0.5, 0.6) is 0 Å². The van der Waals surface area contributed by atoms with Crippen LogP contribution < -0.4 is 0 Å². The second-order valence-corrected chi connectivity index (χ2v) is 3.65. The van der Waals surface area contributed by atoms with Gasteiger partial charge in [0.25, 0.3) is 0 Å². The van der Waals surface area contributed by atoms with Crippen molar-refractivity contribution in [2.75, 3.05) is 0 Å². The highest BCUT2D eigenvalue weighted by Crippen LogP contribution is 2.26. The summed E-state index contributed by atoms with van der Waals surface area (Å²) in [5, 5.41) is 1.06. The molecule has 0 amide bonds. The summed E-state index contributed by atoms with van der Waals surface area (Å²) in [6, 6.07) is 9.88. The van der Waals surface area contributed by atoms with E-state index in [1.54, 1.807) is 12.4 Å². The number of pyridine rings is 1. The van der Waals surface area contributed by atoms with Crippen LogP contribution in [0.3, 0.4) is 0 Å². The van der Waals surface area contributed by atoms with Crippen LogP contribution in [0, 0.1) is 6.92 Å². The van der Waals surface area contributed by atoms with Crippen LogP contribution in [-0.4, -0.2) is 9.97 Å². The second-order valence-electron chi connectivity index (χ2n) is 3.65. The SMILES string of the molecule is Cc1cnc(-c2cccc3ncccc23)o1. The number of fused-ring (bicyclic) bond motifs is 1. The second kappa shape index (κ2) is 3.45. The van der Waals surface area contributed by atoms with Gasteiger partial charge < -0.3 is 4.42 Å². The molecular formula is C13H10N2O. The van der Waals surface area contributed by atoms with Gasteiger partial charge in [-0.1, -0.05) is 12.1 Å². The molecule has 3 nitrogen and oxygen atoms in total. The Balaban J connectivity index is 2.31. The number of hydrogen-bond acceptors (Lipinski definition) is 3. The van der Waals surface area contributed by atoms with Gasteiger partial charge in [-0.05, 0) is 25.1 Å². The summed E-state index contributed by atoms with van der Waals surface area (Å²) in [5.41, 5.74) is 1.94. The fourth-order valence-corrected chi connectivity index (χ4v) is 1.77. The highest BCUT2D eigenvalue weighted by Gasteiger charge is 2.08. The number of benzene rings is 1. The Kier molecular flexibility index (Phi) is 1.96. The van der Waals surface area contributed by atoms with Crippen LogP contribution in [0.2, 0.25) is 0 Å². The average Bonchev–Trinajstić information content (AvgIpc) is 2.75. The molecule has 3 heteroatoms. The summed E-state index contributed by atoms with van der Waals surface area (Å²) in [7, 11) is 0. The minimum Gasteiger partial charge on any atom is -0.441 e. The molecule has 3 aromatic rings. The number of oxazole rings is 1. The Hall–Kier alpha value is -2.16. The van der Waals surface area contributed by atoms with Crippen molar-refractivity contribution in [1.29, 1.82) is 0 Å². The van der Waals surface area contributed by atoms with Crippen LogP contribution in [0.4, 0.5) is 0 Å². The van der Waals surface area contributed by atoms with Gasteiger partial charge in [0.05, 0.1) is 11.7 Å². The fourth-order valence-electron chi connectivity index (χ4n) is 1.77. The van der Waals surface area contributed by atoms with Gasteiger partial charge in [0.2, 0.25) is 5.89 Å². The number of aromatic nitrogens is 2.